The molecule has 0 saturated carbocycles. The highest BCUT2D eigenvalue weighted by atomic mass is 16.6. The minimum Gasteiger partial charge on any atom is -0.352 e. The molecule has 20 heavy (non-hydrogen) atoms. The summed E-state index contributed by atoms with van der Waals surface area (Å²) in [6.07, 6.45) is 0. The predicted molar refractivity (Wildman–Crippen MR) is 74.9 cm³/mol. The van der Waals surface area contributed by atoms with Crippen molar-refractivity contribution < 1.29 is 10.1 Å². The lowest BCUT2D eigenvalue weighted by Crippen LogP contribution is -2.01. The molecule has 0 bridgehead atoms. The van der Waals surface area contributed by atoms with Crippen LogP contribution in [0.3, 0.4) is 0 Å². The van der Waals surface area contributed by atoms with Crippen LogP contribution in [0, 0.1) is 4.91 Å². The highest BCUT2D eigenvalue weighted by Crippen LogP contribution is 2.16. The molecule has 0 aliphatic carbocycles. The molecule has 0 spiro atoms. The number of fused-ring (bicyclic) bond motifs is 1. The molecule has 0 aliphatic heterocycles. The second-order valence-electron chi connectivity index (χ2n) is 4.40. The van der Waals surface area contributed by atoms with E-state index in [2.05, 4.69) is 15.3 Å². The van der Waals surface area contributed by atoms with Crippen LogP contribution < -0.4 is 5.32 Å². The van der Waals surface area contributed by atoms with Gasteiger partial charge in [-0.1, -0.05) is 24.3 Å². The van der Waals surface area contributed by atoms with Crippen LogP contribution >= 0.6 is 0 Å². The maximum atomic E-state index is 10.8. The number of imidazole rings is 1. The minimum atomic E-state index is -0.148. The summed E-state index contributed by atoms with van der Waals surface area (Å²) in [5.74, 6) is 0.666. The largest absolute Gasteiger partial charge is 0.352 e. The molecule has 1 heterocycles. The van der Waals surface area contributed by atoms with Crippen LogP contribution in [0.25, 0.3) is 11.0 Å². The normalized spacial score (nSPS) is 10.6. The fraction of sp³-hybridized carbons (Fsp3) is 0.0714. The third kappa shape index (κ3) is 2.44. The highest BCUT2D eigenvalue weighted by Gasteiger charge is 2.11. The Bertz CT molecular complexity index is 733. The van der Waals surface area contributed by atoms with E-state index in [1.54, 1.807) is 12.1 Å². The van der Waals surface area contributed by atoms with Crippen molar-refractivity contribution in [3.05, 3.63) is 59.0 Å². The Morgan fingerprint density at radius 2 is 2.05 bits per heavy atom. The van der Waals surface area contributed by atoms with E-state index in [0.29, 0.717) is 12.5 Å². The van der Waals surface area contributed by atoms with Crippen LogP contribution in [0.5, 0.6) is 0 Å². The fourth-order valence-electron chi connectivity index (χ4n) is 2.01. The average molecular weight is 269 g/mol. The summed E-state index contributed by atoms with van der Waals surface area (Å²) in [6, 6.07) is 14.5. The first-order valence-electron chi connectivity index (χ1n) is 6.16. The molecule has 6 nitrogen and oxygen atoms in total. The van der Waals surface area contributed by atoms with Crippen LogP contribution in [0.4, 0.5) is 11.6 Å². The van der Waals surface area contributed by atoms with Crippen molar-refractivity contribution >= 4 is 22.7 Å². The Labute approximate surface area is 114 Å². The van der Waals surface area contributed by atoms with Crippen LogP contribution in [0.15, 0.2) is 48.5 Å². The molecule has 0 unspecified atom stereocenters. The third-order valence-electron chi connectivity index (χ3n) is 2.98. The van der Waals surface area contributed by atoms with Crippen molar-refractivity contribution in [2.24, 2.45) is 0 Å². The quantitative estimate of drug-likeness (QED) is 0.636. The van der Waals surface area contributed by atoms with Crippen molar-refractivity contribution in [3.8, 4) is 0 Å². The maximum Gasteiger partial charge on any atom is 0.316 e. The summed E-state index contributed by atoms with van der Waals surface area (Å²) >= 11 is 0. The number of hydrogen-bond acceptors (Lipinski definition) is 3. The molecule has 3 N–H and O–H groups in total. The summed E-state index contributed by atoms with van der Waals surface area (Å²) in [5.41, 5.74) is 2.93. The molecule has 0 fully saturated rings. The Kier molecular flexibility index (Phi) is 3.04. The van der Waals surface area contributed by atoms with E-state index >= 15 is 0 Å². The number of benzene rings is 2. The molecular formula is C14H13N4O2+. The van der Waals surface area contributed by atoms with Gasteiger partial charge in [0.15, 0.2) is 0 Å². The van der Waals surface area contributed by atoms with Crippen LogP contribution in [-0.2, 0) is 6.54 Å². The van der Waals surface area contributed by atoms with Crippen LogP contribution in [-0.4, -0.2) is 20.1 Å². The number of nitrogens with zero attached hydrogens (tertiary/aromatic N) is 2. The molecule has 2 aromatic carbocycles. The lowest BCUT2D eigenvalue weighted by atomic mass is 10.2. The third-order valence-corrected chi connectivity index (χ3v) is 2.98. The Balaban J connectivity index is 1.75. The van der Waals surface area contributed by atoms with Gasteiger partial charge in [-0.05, 0) is 17.7 Å². The van der Waals surface area contributed by atoms with Gasteiger partial charge in [-0.15, -0.1) is 0 Å². The zero-order valence-electron chi connectivity index (χ0n) is 10.6. The first kappa shape index (κ1) is 12.2. The van der Waals surface area contributed by atoms with Gasteiger partial charge in [0.05, 0.1) is 15.9 Å². The van der Waals surface area contributed by atoms with Gasteiger partial charge in [-0.3, -0.25) is 0 Å². The second kappa shape index (κ2) is 5.00. The first-order valence-corrected chi connectivity index (χ1v) is 6.16. The van der Waals surface area contributed by atoms with Gasteiger partial charge in [0.2, 0.25) is 5.95 Å². The van der Waals surface area contributed by atoms with Gasteiger partial charge in [-0.2, -0.15) is 0 Å². The van der Waals surface area contributed by atoms with Crippen LogP contribution in [0.2, 0.25) is 0 Å². The van der Waals surface area contributed by atoms with E-state index in [9.17, 15) is 4.91 Å². The smallest absolute Gasteiger partial charge is 0.316 e. The van der Waals surface area contributed by atoms with Gasteiger partial charge >= 0.3 is 5.69 Å². The summed E-state index contributed by atoms with van der Waals surface area (Å²) in [7, 11) is 0. The molecule has 0 amide bonds. The molecule has 6 heteroatoms. The van der Waals surface area contributed by atoms with E-state index < -0.39 is 0 Å². The molecular weight excluding hydrogens is 256 g/mol. The number of nitrogens with one attached hydrogen (secondary N) is 2. The number of aromatic amines is 1. The lowest BCUT2D eigenvalue weighted by Gasteiger charge is -2.01. The zero-order valence-corrected chi connectivity index (χ0v) is 10.6. The standard InChI is InChI=1S/C14H13N4O2/c19-18(20)11-5-3-4-10(8-11)9-15-14-16-12-6-1-2-7-13(12)17-14/h1-8H,9H2,(H,19,20)(H2,15,16,17)/q+1. The molecule has 3 rings (SSSR count). The molecule has 0 radical (unpaired) electrons. The summed E-state index contributed by atoms with van der Waals surface area (Å²) in [4.78, 5) is 18.2. The highest BCUT2D eigenvalue weighted by molar-refractivity contribution is 5.77. The Morgan fingerprint density at radius 1 is 1.20 bits per heavy atom. The fourth-order valence-corrected chi connectivity index (χ4v) is 2.01. The zero-order chi connectivity index (χ0) is 13.9. The first-order chi connectivity index (χ1) is 9.72. The molecule has 0 atom stereocenters. The van der Waals surface area contributed by atoms with Gasteiger partial charge in [0, 0.05) is 18.7 Å². The molecule has 3 aromatic rings. The van der Waals surface area contributed by atoms with E-state index in [4.69, 9.17) is 5.21 Å². The van der Waals surface area contributed by atoms with E-state index in [0.717, 1.165) is 16.6 Å². The van der Waals surface area contributed by atoms with E-state index in [1.165, 1.54) is 6.07 Å². The maximum absolute atomic E-state index is 10.8. The number of H-pyrrole nitrogens is 1. The topological polar surface area (TPSA) is 81.0 Å². The molecule has 100 valence electrons. The van der Waals surface area contributed by atoms with Crippen molar-refractivity contribution in [3.63, 3.8) is 0 Å². The summed E-state index contributed by atoms with van der Waals surface area (Å²) in [6.45, 7) is 0.501. The second-order valence-corrected chi connectivity index (χ2v) is 4.40. The number of anilines is 1. The van der Waals surface area contributed by atoms with Gasteiger partial charge < -0.3 is 10.3 Å². The minimum absolute atomic E-state index is 0.148. The van der Waals surface area contributed by atoms with Crippen molar-refractivity contribution in [1.29, 1.82) is 0 Å². The SMILES string of the molecule is O=[N+](O)c1cccc(CNc2nc3ccccc3[nH]2)c1. The summed E-state index contributed by atoms with van der Waals surface area (Å²) < 4.78 is 0. The van der Waals surface area contributed by atoms with Gasteiger partial charge in [0.1, 0.15) is 0 Å². The number of rotatable bonds is 4. The lowest BCUT2D eigenvalue weighted by molar-refractivity contribution is -0.729. The number of aromatic nitrogens is 2. The van der Waals surface area contributed by atoms with Gasteiger partial charge in [-0.25, -0.2) is 10.2 Å². The Hall–Kier alpha value is -2.89. The van der Waals surface area contributed by atoms with E-state index in [-0.39, 0.29) is 10.6 Å². The molecule has 0 aliphatic rings. The van der Waals surface area contributed by atoms with Crippen molar-refractivity contribution in [1.82, 2.24) is 9.97 Å². The summed E-state index contributed by atoms with van der Waals surface area (Å²) in [5, 5.41) is 12.0. The number of para-hydroxylation sites is 2. The number of hydrogen-bond donors (Lipinski definition) is 3. The van der Waals surface area contributed by atoms with Crippen molar-refractivity contribution in [2.75, 3.05) is 5.32 Å². The predicted octanol–water partition coefficient (Wildman–Crippen LogP) is 2.97. The average Bonchev–Trinajstić information content (AvgIpc) is 2.88. The molecule has 0 saturated heterocycles. The monoisotopic (exact) mass is 269 g/mol. The molecule has 1 aromatic heterocycles. The van der Waals surface area contributed by atoms with Crippen molar-refractivity contribution in [2.45, 2.75) is 6.54 Å². The van der Waals surface area contributed by atoms with Gasteiger partial charge in [0.25, 0.3) is 4.92 Å². The Morgan fingerprint density at radius 3 is 2.85 bits per heavy atom. The van der Waals surface area contributed by atoms with Crippen LogP contribution in [0.1, 0.15) is 5.56 Å². The van der Waals surface area contributed by atoms with E-state index in [1.807, 2.05) is 30.3 Å².